The van der Waals surface area contributed by atoms with Gasteiger partial charge in [0, 0.05) is 11.6 Å². The van der Waals surface area contributed by atoms with Crippen molar-refractivity contribution in [1.82, 2.24) is 0 Å². The molecule has 29 heavy (non-hydrogen) atoms. The fourth-order valence-electron chi connectivity index (χ4n) is 3.46. The molecule has 8 heteroatoms. The summed E-state index contributed by atoms with van der Waals surface area (Å²) in [6.07, 6.45) is 0. The Morgan fingerprint density at radius 3 is 1.86 bits per heavy atom. The lowest BCUT2D eigenvalue weighted by atomic mass is 9.87. The van der Waals surface area contributed by atoms with Crippen molar-refractivity contribution in [2.45, 2.75) is 5.92 Å². The molecule has 0 amide bonds. The molecule has 0 N–H and O–H groups in total. The lowest BCUT2D eigenvalue weighted by Crippen LogP contribution is -2.26. The second-order valence-corrected chi connectivity index (χ2v) is 6.20. The van der Waals surface area contributed by atoms with Crippen LogP contribution in [0, 0.1) is 0 Å². The first kappa shape index (κ1) is 20.4. The Hall–Kier alpha value is -3.29. The van der Waals surface area contributed by atoms with Crippen LogP contribution in [0.15, 0.2) is 18.2 Å². The Kier molecular flexibility index (Phi) is 5.91. The van der Waals surface area contributed by atoms with Crippen LogP contribution in [-0.4, -0.2) is 55.0 Å². The third-order valence-electron chi connectivity index (χ3n) is 4.87. The molecule has 0 fully saturated rings. The molecule has 1 aliphatic heterocycles. The van der Waals surface area contributed by atoms with Gasteiger partial charge in [-0.15, -0.1) is 0 Å². The van der Waals surface area contributed by atoms with Gasteiger partial charge in [-0.05, 0) is 12.1 Å². The van der Waals surface area contributed by atoms with Crippen molar-refractivity contribution in [3.05, 3.63) is 29.3 Å². The van der Waals surface area contributed by atoms with Crippen LogP contribution >= 0.6 is 0 Å². The number of Topliss-reactive ketones (excluding diaryl/α,β-unsaturated/α-hetero) is 1. The molecule has 3 rings (SSSR count). The highest BCUT2D eigenvalue weighted by Gasteiger charge is 2.36. The standard InChI is InChI=1S/C21H24O8/c1-23-15-8-12-14(9-16(15)24-2)29-10-13(18(12)22)11-7-17(25-3)20(27-5)21(28-6)19(11)26-4/h7-9,13H,10H2,1-6H3. The van der Waals surface area contributed by atoms with E-state index in [9.17, 15) is 4.79 Å². The number of fused-ring (bicyclic) bond motifs is 1. The molecule has 0 radical (unpaired) electrons. The predicted octanol–water partition coefficient (Wildman–Crippen LogP) is 3.10. The summed E-state index contributed by atoms with van der Waals surface area (Å²) in [5.74, 6) is 2.13. The molecule has 1 unspecified atom stereocenters. The number of ether oxygens (including phenoxy) is 7. The molecule has 1 heterocycles. The van der Waals surface area contributed by atoms with Crippen LogP contribution in [0.4, 0.5) is 0 Å². The van der Waals surface area contributed by atoms with Crippen LogP contribution in [0.25, 0.3) is 0 Å². The highest BCUT2D eigenvalue weighted by atomic mass is 16.5. The van der Waals surface area contributed by atoms with Crippen molar-refractivity contribution in [3.63, 3.8) is 0 Å². The van der Waals surface area contributed by atoms with Gasteiger partial charge in [-0.25, -0.2) is 0 Å². The minimum atomic E-state index is -0.635. The molecule has 8 nitrogen and oxygen atoms in total. The smallest absolute Gasteiger partial charge is 0.207 e. The van der Waals surface area contributed by atoms with Crippen LogP contribution in [-0.2, 0) is 0 Å². The van der Waals surface area contributed by atoms with Gasteiger partial charge in [0.25, 0.3) is 0 Å². The number of hydrogen-bond donors (Lipinski definition) is 0. The van der Waals surface area contributed by atoms with Crippen LogP contribution in [0.3, 0.4) is 0 Å². The van der Waals surface area contributed by atoms with Gasteiger partial charge in [-0.3, -0.25) is 4.79 Å². The number of benzene rings is 2. The number of carbonyl (C=O) groups excluding carboxylic acids is 1. The highest BCUT2D eigenvalue weighted by molar-refractivity contribution is 6.05. The molecule has 0 aliphatic carbocycles. The quantitative estimate of drug-likeness (QED) is 0.696. The van der Waals surface area contributed by atoms with Gasteiger partial charge in [0.1, 0.15) is 12.4 Å². The van der Waals surface area contributed by atoms with E-state index in [0.717, 1.165) is 0 Å². The highest BCUT2D eigenvalue weighted by Crippen LogP contribution is 2.50. The summed E-state index contributed by atoms with van der Waals surface area (Å²) < 4.78 is 38.4. The molecule has 156 valence electrons. The summed E-state index contributed by atoms with van der Waals surface area (Å²) in [5, 5.41) is 0. The van der Waals surface area contributed by atoms with Gasteiger partial charge in [-0.2, -0.15) is 0 Å². The zero-order valence-electron chi connectivity index (χ0n) is 17.3. The monoisotopic (exact) mass is 404 g/mol. The Balaban J connectivity index is 2.14. The van der Waals surface area contributed by atoms with Gasteiger partial charge < -0.3 is 33.2 Å². The van der Waals surface area contributed by atoms with Crippen molar-refractivity contribution < 1.29 is 38.0 Å². The SMILES string of the molecule is COc1cc2c(cc1OC)C(=O)C(c1cc(OC)c(OC)c(OC)c1OC)CO2. The predicted molar refractivity (Wildman–Crippen MR) is 105 cm³/mol. The third kappa shape index (κ3) is 3.35. The lowest BCUT2D eigenvalue weighted by Gasteiger charge is -2.28. The average molecular weight is 404 g/mol. The Morgan fingerprint density at radius 2 is 1.31 bits per heavy atom. The van der Waals surface area contributed by atoms with Crippen LogP contribution in [0.2, 0.25) is 0 Å². The fraction of sp³-hybridized carbons (Fsp3) is 0.381. The van der Waals surface area contributed by atoms with E-state index in [0.29, 0.717) is 51.4 Å². The van der Waals surface area contributed by atoms with Crippen molar-refractivity contribution >= 4 is 5.78 Å². The maximum atomic E-state index is 13.4. The van der Waals surface area contributed by atoms with E-state index >= 15 is 0 Å². The molecule has 2 aromatic rings. The Labute approximate surface area is 169 Å². The van der Waals surface area contributed by atoms with E-state index in [1.807, 2.05) is 0 Å². The van der Waals surface area contributed by atoms with Crippen molar-refractivity contribution in [3.8, 4) is 40.2 Å². The van der Waals surface area contributed by atoms with Crippen molar-refractivity contribution in [1.29, 1.82) is 0 Å². The molecule has 1 aliphatic rings. The molecule has 0 aromatic heterocycles. The molecular weight excluding hydrogens is 380 g/mol. The second-order valence-electron chi connectivity index (χ2n) is 6.20. The summed E-state index contributed by atoms with van der Waals surface area (Å²) in [5.41, 5.74) is 0.974. The van der Waals surface area contributed by atoms with E-state index in [1.165, 1.54) is 42.7 Å². The summed E-state index contributed by atoms with van der Waals surface area (Å²) in [7, 11) is 9.05. The third-order valence-corrected chi connectivity index (χ3v) is 4.87. The molecule has 0 bridgehead atoms. The average Bonchev–Trinajstić information content (AvgIpc) is 2.76. The zero-order chi connectivity index (χ0) is 21.1. The van der Waals surface area contributed by atoms with E-state index < -0.39 is 5.92 Å². The maximum absolute atomic E-state index is 13.4. The summed E-state index contributed by atoms with van der Waals surface area (Å²) in [6.45, 7) is 0.121. The van der Waals surface area contributed by atoms with Crippen LogP contribution < -0.4 is 33.2 Å². The largest absolute Gasteiger partial charge is 0.493 e. The fourth-order valence-corrected chi connectivity index (χ4v) is 3.46. The number of rotatable bonds is 7. The summed E-state index contributed by atoms with van der Waals surface area (Å²) in [4.78, 5) is 13.4. The van der Waals surface area contributed by atoms with Gasteiger partial charge >= 0.3 is 0 Å². The van der Waals surface area contributed by atoms with Gasteiger partial charge in [-0.1, -0.05) is 0 Å². The first-order chi connectivity index (χ1) is 14.0. The number of methoxy groups -OCH3 is 6. The van der Waals surface area contributed by atoms with Gasteiger partial charge in [0.15, 0.2) is 28.8 Å². The topological polar surface area (TPSA) is 81.7 Å². The van der Waals surface area contributed by atoms with Crippen molar-refractivity contribution in [2.24, 2.45) is 0 Å². The van der Waals surface area contributed by atoms with Crippen molar-refractivity contribution in [2.75, 3.05) is 49.3 Å². The van der Waals surface area contributed by atoms with Gasteiger partial charge in [0.2, 0.25) is 11.5 Å². The zero-order valence-corrected chi connectivity index (χ0v) is 17.3. The van der Waals surface area contributed by atoms with E-state index in [2.05, 4.69) is 0 Å². The van der Waals surface area contributed by atoms with Crippen LogP contribution in [0.1, 0.15) is 21.8 Å². The first-order valence-corrected chi connectivity index (χ1v) is 8.84. The molecule has 0 spiro atoms. The van der Waals surface area contributed by atoms with E-state index in [1.54, 1.807) is 18.2 Å². The Morgan fingerprint density at radius 1 is 0.724 bits per heavy atom. The molecular formula is C21H24O8. The molecule has 0 saturated heterocycles. The summed E-state index contributed by atoms with van der Waals surface area (Å²) >= 11 is 0. The van der Waals surface area contributed by atoms with E-state index in [4.69, 9.17) is 33.2 Å². The lowest BCUT2D eigenvalue weighted by molar-refractivity contribution is 0.0892. The molecule has 1 atom stereocenters. The number of ketones is 1. The minimum Gasteiger partial charge on any atom is -0.493 e. The molecule has 2 aromatic carbocycles. The maximum Gasteiger partial charge on any atom is 0.207 e. The second kappa shape index (κ2) is 8.38. The molecule has 0 saturated carbocycles. The number of hydrogen-bond acceptors (Lipinski definition) is 8. The first-order valence-electron chi connectivity index (χ1n) is 8.84. The normalized spacial score (nSPS) is 15.1. The van der Waals surface area contributed by atoms with E-state index in [-0.39, 0.29) is 12.4 Å². The number of carbonyl (C=O) groups is 1. The summed E-state index contributed by atoms with van der Waals surface area (Å²) in [6, 6.07) is 4.97. The Bertz CT molecular complexity index is 922. The van der Waals surface area contributed by atoms with Gasteiger partial charge in [0.05, 0.1) is 54.1 Å². The minimum absolute atomic E-state index is 0.121. The van der Waals surface area contributed by atoms with Crippen LogP contribution in [0.5, 0.6) is 40.2 Å².